The molecule has 2 N–H and O–H groups in total. The molecule has 0 saturated heterocycles. The summed E-state index contributed by atoms with van der Waals surface area (Å²) in [5.41, 5.74) is 1.89. The Balaban J connectivity index is 2.24. The van der Waals surface area contributed by atoms with Crippen molar-refractivity contribution in [2.75, 3.05) is 0 Å². The molecule has 2 rings (SSSR count). The average molecular weight is 315 g/mol. The third-order valence-corrected chi connectivity index (χ3v) is 4.02. The van der Waals surface area contributed by atoms with E-state index in [0.717, 1.165) is 5.69 Å². The molecule has 0 saturated carbocycles. The van der Waals surface area contributed by atoms with Gasteiger partial charge in [0.05, 0.1) is 23.1 Å². The molecule has 1 aromatic carbocycles. The second kappa shape index (κ2) is 7.09. The lowest BCUT2D eigenvalue weighted by Gasteiger charge is -2.20. The number of rotatable bonds is 6. The molecule has 23 heavy (non-hydrogen) atoms. The van der Waals surface area contributed by atoms with Crippen molar-refractivity contribution in [2.45, 2.75) is 33.2 Å². The van der Waals surface area contributed by atoms with Gasteiger partial charge in [-0.25, -0.2) is 9.48 Å². The summed E-state index contributed by atoms with van der Waals surface area (Å²) in [6.45, 7) is 5.48. The summed E-state index contributed by atoms with van der Waals surface area (Å²) in [6, 6.07) is 8.55. The summed E-state index contributed by atoms with van der Waals surface area (Å²) < 4.78 is 1.66. The van der Waals surface area contributed by atoms with E-state index in [2.05, 4.69) is 10.4 Å². The third kappa shape index (κ3) is 3.59. The number of carbonyl (C=O) groups is 2. The van der Waals surface area contributed by atoms with E-state index in [1.54, 1.807) is 18.5 Å². The van der Waals surface area contributed by atoms with E-state index >= 15 is 0 Å². The Hall–Kier alpha value is -2.63. The molecule has 1 heterocycles. The molecule has 0 aliphatic heterocycles. The Morgan fingerprint density at radius 2 is 1.96 bits per heavy atom. The number of amides is 1. The number of carbonyl (C=O) groups excluding carboxylic acids is 1. The fourth-order valence-corrected chi connectivity index (χ4v) is 2.36. The molecule has 6 heteroatoms. The van der Waals surface area contributed by atoms with Gasteiger partial charge in [-0.15, -0.1) is 0 Å². The summed E-state index contributed by atoms with van der Waals surface area (Å²) in [6.07, 6.45) is 2.13. The van der Waals surface area contributed by atoms with Crippen LogP contribution in [0.25, 0.3) is 5.69 Å². The van der Waals surface area contributed by atoms with Crippen LogP contribution < -0.4 is 5.32 Å². The lowest BCUT2D eigenvalue weighted by Crippen LogP contribution is -2.45. The molecule has 2 aromatic rings. The highest BCUT2D eigenvalue weighted by Gasteiger charge is 2.27. The van der Waals surface area contributed by atoms with Crippen LogP contribution in [0.15, 0.2) is 36.5 Å². The van der Waals surface area contributed by atoms with Gasteiger partial charge in [-0.3, -0.25) is 4.79 Å². The van der Waals surface area contributed by atoms with Crippen LogP contribution >= 0.6 is 0 Å². The molecule has 1 aromatic heterocycles. The van der Waals surface area contributed by atoms with Crippen molar-refractivity contribution in [1.29, 1.82) is 0 Å². The van der Waals surface area contributed by atoms with Crippen LogP contribution in [0, 0.1) is 12.8 Å². The Morgan fingerprint density at radius 3 is 2.52 bits per heavy atom. The van der Waals surface area contributed by atoms with Gasteiger partial charge >= 0.3 is 5.97 Å². The number of nitrogens with zero attached hydrogens (tertiary/aromatic N) is 2. The van der Waals surface area contributed by atoms with E-state index < -0.39 is 17.9 Å². The SMILES string of the molecule is CCC(C)C(NC(=O)c1cnn(-c2ccccc2)c1C)C(=O)O. The van der Waals surface area contributed by atoms with Gasteiger partial charge in [-0.05, 0) is 25.0 Å². The fourth-order valence-electron chi connectivity index (χ4n) is 2.36. The molecule has 2 atom stereocenters. The maximum atomic E-state index is 12.4. The smallest absolute Gasteiger partial charge is 0.326 e. The predicted octanol–water partition coefficient (Wildman–Crippen LogP) is 2.41. The van der Waals surface area contributed by atoms with Crippen LogP contribution in [0.3, 0.4) is 0 Å². The van der Waals surface area contributed by atoms with Gasteiger partial charge in [0.2, 0.25) is 0 Å². The number of para-hydroxylation sites is 1. The number of hydrogen-bond donors (Lipinski definition) is 2. The van der Waals surface area contributed by atoms with Crippen molar-refractivity contribution in [1.82, 2.24) is 15.1 Å². The van der Waals surface area contributed by atoms with E-state index in [-0.39, 0.29) is 5.92 Å². The molecule has 6 nitrogen and oxygen atoms in total. The Bertz CT molecular complexity index is 694. The van der Waals surface area contributed by atoms with Gasteiger partial charge in [0.15, 0.2) is 0 Å². The van der Waals surface area contributed by atoms with Gasteiger partial charge in [0.1, 0.15) is 6.04 Å². The van der Waals surface area contributed by atoms with E-state index in [1.165, 1.54) is 6.20 Å². The summed E-state index contributed by atoms with van der Waals surface area (Å²) in [4.78, 5) is 23.8. The average Bonchev–Trinajstić information content (AvgIpc) is 2.94. The van der Waals surface area contributed by atoms with Crippen molar-refractivity contribution < 1.29 is 14.7 Å². The summed E-state index contributed by atoms with van der Waals surface area (Å²) in [7, 11) is 0. The Labute approximate surface area is 135 Å². The first-order chi connectivity index (χ1) is 11.0. The number of hydrogen-bond acceptors (Lipinski definition) is 3. The zero-order valence-electron chi connectivity index (χ0n) is 13.5. The van der Waals surface area contributed by atoms with Gasteiger partial charge in [-0.2, -0.15) is 5.10 Å². The number of aromatic nitrogens is 2. The van der Waals surface area contributed by atoms with Crippen molar-refractivity contribution in [3.63, 3.8) is 0 Å². The van der Waals surface area contributed by atoms with E-state index in [0.29, 0.717) is 17.7 Å². The van der Waals surface area contributed by atoms with Crippen LogP contribution in [0.5, 0.6) is 0 Å². The molecule has 1 amide bonds. The highest BCUT2D eigenvalue weighted by atomic mass is 16.4. The molecule has 0 bridgehead atoms. The number of carboxylic acids is 1. The first-order valence-corrected chi connectivity index (χ1v) is 7.59. The molecule has 0 radical (unpaired) electrons. The van der Waals surface area contributed by atoms with E-state index in [9.17, 15) is 14.7 Å². The van der Waals surface area contributed by atoms with Crippen LogP contribution in [-0.2, 0) is 4.79 Å². The van der Waals surface area contributed by atoms with E-state index in [1.807, 2.05) is 37.3 Å². The monoisotopic (exact) mass is 315 g/mol. The zero-order chi connectivity index (χ0) is 17.0. The maximum Gasteiger partial charge on any atom is 0.326 e. The minimum absolute atomic E-state index is 0.152. The van der Waals surface area contributed by atoms with Gasteiger partial charge in [0, 0.05) is 0 Å². The second-order valence-corrected chi connectivity index (χ2v) is 5.57. The first kappa shape index (κ1) is 16.7. The number of carboxylic acid groups (broad SMARTS) is 1. The predicted molar refractivity (Wildman–Crippen MR) is 86.6 cm³/mol. The summed E-state index contributed by atoms with van der Waals surface area (Å²) >= 11 is 0. The number of benzene rings is 1. The van der Waals surface area contributed by atoms with Crippen LogP contribution in [-0.4, -0.2) is 32.8 Å². The van der Waals surface area contributed by atoms with Crippen LogP contribution in [0.2, 0.25) is 0 Å². The van der Waals surface area contributed by atoms with Gasteiger partial charge in [0.25, 0.3) is 5.91 Å². The normalized spacial score (nSPS) is 13.3. The number of nitrogens with one attached hydrogen (secondary N) is 1. The third-order valence-electron chi connectivity index (χ3n) is 4.02. The highest BCUT2D eigenvalue weighted by Crippen LogP contribution is 2.15. The molecular weight excluding hydrogens is 294 g/mol. The molecule has 0 aliphatic carbocycles. The van der Waals surface area contributed by atoms with Gasteiger partial charge in [-0.1, -0.05) is 38.5 Å². The second-order valence-electron chi connectivity index (χ2n) is 5.57. The van der Waals surface area contributed by atoms with Crippen molar-refractivity contribution in [3.05, 3.63) is 47.8 Å². The molecule has 122 valence electrons. The van der Waals surface area contributed by atoms with E-state index in [4.69, 9.17) is 0 Å². The molecular formula is C17H21N3O3. The summed E-state index contributed by atoms with van der Waals surface area (Å²) in [5.74, 6) is -1.60. The zero-order valence-corrected chi connectivity index (χ0v) is 13.5. The van der Waals surface area contributed by atoms with Crippen LogP contribution in [0.1, 0.15) is 36.3 Å². The molecule has 0 spiro atoms. The maximum absolute atomic E-state index is 12.4. The Morgan fingerprint density at radius 1 is 1.30 bits per heavy atom. The minimum Gasteiger partial charge on any atom is -0.480 e. The lowest BCUT2D eigenvalue weighted by atomic mass is 9.99. The topological polar surface area (TPSA) is 84.2 Å². The van der Waals surface area contributed by atoms with Crippen molar-refractivity contribution in [3.8, 4) is 5.69 Å². The van der Waals surface area contributed by atoms with Crippen molar-refractivity contribution in [2.24, 2.45) is 5.92 Å². The lowest BCUT2D eigenvalue weighted by molar-refractivity contribution is -0.140. The fraction of sp³-hybridized carbons (Fsp3) is 0.353. The summed E-state index contributed by atoms with van der Waals surface area (Å²) in [5, 5.41) is 16.1. The molecule has 2 unspecified atom stereocenters. The molecule has 0 aliphatic rings. The van der Waals surface area contributed by atoms with Crippen LogP contribution in [0.4, 0.5) is 0 Å². The standard InChI is InChI=1S/C17H21N3O3/c1-4-11(2)15(17(22)23)19-16(21)14-10-18-20(12(14)3)13-8-6-5-7-9-13/h5-11,15H,4H2,1-3H3,(H,19,21)(H,22,23). The van der Waals surface area contributed by atoms with Crippen molar-refractivity contribution >= 4 is 11.9 Å². The largest absolute Gasteiger partial charge is 0.480 e. The Kier molecular flexibility index (Phi) is 5.16. The van der Waals surface area contributed by atoms with Gasteiger partial charge < -0.3 is 10.4 Å². The quantitative estimate of drug-likeness (QED) is 0.857. The minimum atomic E-state index is -1.03. The number of aliphatic carboxylic acids is 1. The highest BCUT2D eigenvalue weighted by molar-refractivity contribution is 5.97. The molecule has 0 fully saturated rings. The first-order valence-electron chi connectivity index (χ1n) is 7.59.